The molecule has 2 aliphatic rings. The van der Waals surface area contributed by atoms with Crippen molar-refractivity contribution < 1.29 is 9.53 Å². The number of nitrogens with zero attached hydrogens (tertiary/aromatic N) is 4. The second-order valence-corrected chi connectivity index (χ2v) is 7.40. The molecule has 0 spiro atoms. The Morgan fingerprint density at radius 3 is 2.92 bits per heavy atom. The van der Waals surface area contributed by atoms with Crippen molar-refractivity contribution in [3.63, 3.8) is 0 Å². The summed E-state index contributed by atoms with van der Waals surface area (Å²) in [6, 6.07) is 2.06. The molecule has 1 amide bonds. The summed E-state index contributed by atoms with van der Waals surface area (Å²) in [5.74, 6) is 0.919. The van der Waals surface area contributed by atoms with Gasteiger partial charge in [0.1, 0.15) is 5.82 Å². The summed E-state index contributed by atoms with van der Waals surface area (Å²) >= 11 is 0. The lowest BCUT2D eigenvalue weighted by atomic mass is 9.97. The summed E-state index contributed by atoms with van der Waals surface area (Å²) in [6.07, 6.45) is 3.43. The summed E-state index contributed by atoms with van der Waals surface area (Å²) in [5.41, 5.74) is 4.88. The van der Waals surface area contributed by atoms with Crippen molar-refractivity contribution in [1.82, 2.24) is 20.1 Å². The summed E-state index contributed by atoms with van der Waals surface area (Å²) in [6.45, 7) is 5.30. The van der Waals surface area contributed by atoms with Crippen molar-refractivity contribution in [3.8, 4) is 0 Å². The van der Waals surface area contributed by atoms with Gasteiger partial charge < -0.3 is 14.5 Å². The van der Waals surface area contributed by atoms with E-state index < -0.39 is 0 Å². The summed E-state index contributed by atoms with van der Waals surface area (Å²) in [4.78, 5) is 21.6. The van der Waals surface area contributed by atoms with Gasteiger partial charge in [-0.15, -0.1) is 0 Å². The number of carbonyl (C=O) groups is 1. The molecule has 4 heterocycles. The second-order valence-electron chi connectivity index (χ2n) is 7.40. The summed E-state index contributed by atoms with van der Waals surface area (Å²) < 4.78 is 5.83. The second kappa shape index (κ2) is 6.39. The van der Waals surface area contributed by atoms with Crippen molar-refractivity contribution in [1.29, 1.82) is 0 Å². The maximum absolute atomic E-state index is 13.2. The maximum atomic E-state index is 13.2. The maximum Gasteiger partial charge on any atom is 0.274 e. The number of rotatable bonds is 2. The molecule has 2 aromatic heterocycles. The van der Waals surface area contributed by atoms with Crippen LogP contribution in [0.1, 0.15) is 52.8 Å². The molecule has 0 aliphatic carbocycles. The lowest BCUT2D eigenvalue weighted by Crippen LogP contribution is -2.38. The molecule has 138 valence electrons. The van der Waals surface area contributed by atoms with Gasteiger partial charge in [0.05, 0.1) is 17.9 Å². The van der Waals surface area contributed by atoms with E-state index in [1.807, 2.05) is 43.9 Å². The molecule has 0 bridgehead atoms. The van der Waals surface area contributed by atoms with Gasteiger partial charge in [-0.1, -0.05) is 0 Å². The van der Waals surface area contributed by atoms with Crippen molar-refractivity contribution in [2.75, 3.05) is 25.5 Å². The van der Waals surface area contributed by atoms with Gasteiger partial charge in [-0.25, -0.2) is 4.98 Å². The van der Waals surface area contributed by atoms with Crippen LogP contribution in [0.4, 0.5) is 5.82 Å². The summed E-state index contributed by atoms with van der Waals surface area (Å²) in [7, 11) is 3.96. The van der Waals surface area contributed by atoms with Gasteiger partial charge in [0.15, 0.2) is 5.69 Å². The molecule has 0 fully saturated rings. The molecule has 7 heteroatoms. The smallest absolute Gasteiger partial charge is 0.274 e. The van der Waals surface area contributed by atoms with Crippen molar-refractivity contribution in [3.05, 3.63) is 40.3 Å². The average Bonchev–Trinajstić information content (AvgIpc) is 3.04. The number of anilines is 1. The van der Waals surface area contributed by atoms with Crippen LogP contribution in [-0.2, 0) is 24.1 Å². The molecule has 0 aromatic carbocycles. The Hall–Kier alpha value is -2.41. The largest absolute Gasteiger partial charge is 0.369 e. The van der Waals surface area contributed by atoms with E-state index in [1.54, 1.807) is 0 Å². The molecule has 0 saturated heterocycles. The van der Waals surface area contributed by atoms with Crippen LogP contribution in [0, 0.1) is 0 Å². The third-order valence-corrected chi connectivity index (χ3v) is 5.28. The molecule has 2 aliphatic heterocycles. The SMILES string of the molecule is C[C@@H]1Cc2c(C(=O)N3CCc4ccnc(N(C)C)c4C3)n[nH]c2[C@H](C)O1. The average molecular weight is 355 g/mol. The van der Waals surface area contributed by atoms with E-state index in [4.69, 9.17) is 4.74 Å². The van der Waals surface area contributed by atoms with Crippen molar-refractivity contribution in [2.24, 2.45) is 0 Å². The minimum absolute atomic E-state index is 0.0111. The standard InChI is InChI=1S/C19H25N5O2/c1-11-9-14-16(12(2)26-11)21-22-17(14)19(25)24-8-6-13-5-7-20-18(23(3)4)15(13)10-24/h5,7,11-12H,6,8-10H2,1-4H3,(H,21,22)/t11-,12+/m1/s1. The molecule has 0 saturated carbocycles. The first-order valence-corrected chi connectivity index (χ1v) is 9.11. The third-order valence-electron chi connectivity index (χ3n) is 5.28. The van der Waals surface area contributed by atoms with Crippen LogP contribution in [0.15, 0.2) is 12.3 Å². The first-order valence-electron chi connectivity index (χ1n) is 9.11. The number of pyridine rings is 1. The number of H-pyrrole nitrogens is 1. The van der Waals surface area contributed by atoms with Crippen LogP contribution in [0.3, 0.4) is 0 Å². The minimum atomic E-state index is -0.0607. The molecule has 26 heavy (non-hydrogen) atoms. The van der Waals surface area contributed by atoms with Gasteiger partial charge >= 0.3 is 0 Å². The van der Waals surface area contributed by atoms with Gasteiger partial charge in [0.25, 0.3) is 5.91 Å². The minimum Gasteiger partial charge on any atom is -0.369 e. The van der Waals surface area contributed by atoms with Crippen LogP contribution in [-0.4, -0.2) is 52.7 Å². The fourth-order valence-electron chi connectivity index (χ4n) is 4.01. The number of hydrogen-bond donors (Lipinski definition) is 1. The number of nitrogens with one attached hydrogen (secondary N) is 1. The normalized spacial score (nSPS) is 21.9. The highest BCUT2D eigenvalue weighted by Crippen LogP contribution is 2.32. The number of aromatic amines is 1. The van der Waals surface area contributed by atoms with E-state index in [0.29, 0.717) is 25.2 Å². The molecule has 2 aromatic rings. The molecular formula is C19H25N5O2. The van der Waals surface area contributed by atoms with Crippen LogP contribution >= 0.6 is 0 Å². The fourth-order valence-corrected chi connectivity index (χ4v) is 4.01. The molecule has 1 N–H and O–H groups in total. The number of aromatic nitrogens is 3. The van der Waals surface area contributed by atoms with Crippen LogP contribution in [0.25, 0.3) is 0 Å². The lowest BCUT2D eigenvalue weighted by Gasteiger charge is -2.31. The van der Waals surface area contributed by atoms with Crippen molar-refractivity contribution in [2.45, 2.75) is 45.4 Å². The zero-order valence-electron chi connectivity index (χ0n) is 15.7. The first kappa shape index (κ1) is 17.0. The first-order chi connectivity index (χ1) is 12.5. The van der Waals surface area contributed by atoms with E-state index in [2.05, 4.69) is 21.2 Å². The van der Waals surface area contributed by atoms with E-state index in [1.165, 1.54) is 5.56 Å². The Balaban J connectivity index is 1.64. The predicted octanol–water partition coefficient (Wildman–Crippen LogP) is 2.09. The number of amides is 1. The molecular weight excluding hydrogens is 330 g/mol. The Labute approximate surface area is 153 Å². The molecule has 7 nitrogen and oxygen atoms in total. The van der Waals surface area contributed by atoms with Crippen molar-refractivity contribution >= 4 is 11.7 Å². The van der Waals surface area contributed by atoms with Crippen LogP contribution in [0.2, 0.25) is 0 Å². The number of hydrogen-bond acceptors (Lipinski definition) is 5. The number of ether oxygens (including phenoxy) is 1. The van der Waals surface area contributed by atoms with Gasteiger partial charge in [0.2, 0.25) is 0 Å². The highest BCUT2D eigenvalue weighted by atomic mass is 16.5. The topological polar surface area (TPSA) is 74.4 Å². The predicted molar refractivity (Wildman–Crippen MR) is 98.3 cm³/mol. The van der Waals surface area contributed by atoms with E-state index in [0.717, 1.165) is 29.1 Å². The zero-order valence-corrected chi connectivity index (χ0v) is 15.7. The van der Waals surface area contributed by atoms with Gasteiger partial charge in [-0.3, -0.25) is 9.89 Å². The Kier molecular flexibility index (Phi) is 4.19. The molecule has 2 atom stereocenters. The van der Waals surface area contributed by atoms with Gasteiger partial charge in [0, 0.05) is 50.9 Å². The van der Waals surface area contributed by atoms with Crippen LogP contribution in [0.5, 0.6) is 0 Å². The zero-order chi connectivity index (χ0) is 18.4. The Morgan fingerprint density at radius 2 is 2.15 bits per heavy atom. The lowest BCUT2D eigenvalue weighted by molar-refractivity contribution is -0.00702. The summed E-state index contributed by atoms with van der Waals surface area (Å²) in [5, 5.41) is 7.37. The van der Waals surface area contributed by atoms with E-state index >= 15 is 0 Å². The van der Waals surface area contributed by atoms with E-state index in [9.17, 15) is 4.79 Å². The van der Waals surface area contributed by atoms with E-state index in [-0.39, 0.29) is 18.1 Å². The fraction of sp³-hybridized carbons (Fsp3) is 0.526. The molecule has 4 rings (SSSR count). The molecule has 0 radical (unpaired) electrons. The highest BCUT2D eigenvalue weighted by Gasteiger charge is 2.33. The van der Waals surface area contributed by atoms with Crippen LogP contribution < -0.4 is 4.90 Å². The Morgan fingerprint density at radius 1 is 1.35 bits per heavy atom. The van der Waals surface area contributed by atoms with Gasteiger partial charge in [-0.05, 0) is 31.9 Å². The number of carbonyl (C=O) groups excluding carboxylic acids is 1. The Bertz CT molecular complexity index is 844. The number of fused-ring (bicyclic) bond motifs is 2. The monoisotopic (exact) mass is 355 g/mol. The third kappa shape index (κ3) is 2.76. The van der Waals surface area contributed by atoms with Gasteiger partial charge in [-0.2, -0.15) is 5.10 Å². The quantitative estimate of drug-likeness (QED) is 0.893. The molecule has 0 unspecified atom stereocenters. The highest BCUT2D eigenvalue weighted by molar-refractivity contribution is 5.94.